The fourth-order valence-corrected chi connectivity index (χ4v) is 4.70. The van der Waals surface area contributed by atoms with Crippen LogP contribution in [-0.2, 0) is 0 Å². The molecule has 1 unspecified atom stereocenters. The first-order chi connectivity index (χ1) is 14.3. The normalized spacial score (nSPS) is 12.5. The summed E-state index contributed by atoms with van der Waals surface area (Å²) in [6.07, 6.45) is 3.49. The molecule has 1 aromatic carbocycles. The topological polar surface area (TPSA) is 91.5 Å². The summed E-state index contributed by atoms with van der Waals surface area (Å²) in [6, 6.07) is 1.93. The van der Waals surface area contributed by atoms with Gasteiger partial charge in [-0.3, -0.25) is 4.40 Å². The maximum Gasteiger partial charge on any atom is 0.150 e. The second-order valence-electron chi connectivity index (χ2n) is 7.19. The van der Waals surface area contributed by atoms with Crippen LogP contribution in [0.15, 0.2) is 27.6 Å². The molecule has 30 heavy (non-hydrogen) atoms. The van der Waals surface area contributed by atoms with Crippen molar-refractivity contribution in [3.05, 3.63) is 56.5 Å². The largest absolute Gasteiger partial charge is 0.496 e. The molecule has 4 aromatic rings. The molecule has 0 saturated heterocycles. The first kappa shape index (κ1) is 20.7. The van der Waals surface area contributed by atoms with Crippen LogP contribution in [0.5, 0.6) is 5.75 Å². The average Bonchev–Trinajstić information content (AvgIpc) is 3.23. The van der Waals surface area contributed by atoms with E-state index in [0.29, 0.717) is 27.0 Å². The number of anilines is 1. The predicted molar refractivity (Wildman–Crippen MR) is 120 cm³/mol. The van der Waals surface area contributed by atoms with E-state index in [0.717, 1.165) is 39.3 Å². The molecular formula is C21H21BrClN5O2. The van der Waals surface area contributed by atoms with Crippen LogP contribution in [0.1, 0.15) is 41.2 Å². The minimum atomic E-state index is -0.155. The second kappa shape index (κ2) is 7.59. The minimum Gasteiger partial charge on any atom is -0.496 e. The number of ether oxygens (including phenoxy) is 1. The standard InChI is InChI=1S/C21H21BrClN5O2/c1-9(21-26-19(22)17-20(24)25-6-7-28(17)21)13-8-14(23)10(2)15(18(13)29-5)16-11(3)27-30-12(16)4/h6-9H,1-5H3,(H2,24,25). The van der Waals surface area contributed by atoms with Crippen molar-refractivity contribution < 1.29 is 9.26 Å². The van der Waals surface area contributed by atoms with Crippen molar-refractivity contribution in [3.63, 3.8) is 0 Å². The van der Waals surface area contributed by atoms with Gasteiger partial charge in [0.15, 0.2) is 5.82 Å². The number of hydrogen-bond donors (Lipinski definition) is 1. The minimum absolute atomic E-state index is 0.155. The van der Waals surface area contributed by atoms with Crippen LogP contribution >= 0.6 is 27.5 Å². The summed E-state index contributed by atoms with van der Waals surface area (Å²) in [5, 5.41) is 4.74. The van der Waals surface area contributed by atoms with Gasteiger partial charge in [-0.2, -0.15) is 0 Å². The lowest BCUT2D eigenvalue weighted by atomic mass is 9.90. The first-order valence-electron chi connectivity index (χ1n) is 9.34. The third-order valence-corrected chi connectivity index (χ3v) is 6.36. The number of aromatic nitrogens is 4. The van der Waals surface area contributed by atoms with Crippen molar-refractivity contribution in [3.8, 4) is 16.9 Å². The van der Waals surface area contributed by atoms with Crippen LogP contribution in [0.4, 0.5) is 5.82 Å². The van der Waals surface area contributed by atoms with Crippen molar-refractivity contribution in [1.29, 1.82) is 0 Å². The molecule has 3 heterocycles. The lowest BCUT2D eigenvalue weighted by Crippen LogP contribution is -2.07. The van der Waals surface area contributed by atoms with Gasteiger partial charge in [0.05, 0.1) is 18.4 Å². The monoisotopic (exact) mass is 489 g/mol. The molecular weight excluding hydrogens is 470 g/mol. The number of aryl methyl sites for hydroxylation is 2. The number of hydrogen-bond acceptors (Lipinski definition) is 6. The van der Waals surface area contributed by atoms with Crippen LogP contribution in [0.3, 0.4) is 0 Å². The molecule has 2 N–H and O–H groups in total. The number of nitrogens with zero attached hydrogens (tertiary/aromatic N) is 4. The van der Waals surface area contributed by atoms with E-state index in [1.165, 1.54) is 0 Å². The van der Waals surface area contributed by atoms with Crippen molar-refractivity contribution in [2.24, 2.45) is 0 Å². The SMILES string of the molecule is COc1c(C(C)c2nc(Br)c3c(N)nccn23)cc(Cl)c(C)c1-c1c(C)noc1C. The van der Waals surface area contributed by atoms with Crippen molar-refractivity contribution >= 4 is 38.9 Å². The van der Waals surface area contributed by atoms with E-state index in [-0.39, 0.29) is 5.92 Å². The highest BCUT2D eigenvalue weighted by Gasteiger charge is 2.28. The van der Waals surface area contributed by atoms with E-state index >= 15 is 0 Å². The third kappa shape index (κ3) is 3.06. The van der Waals surface area contributed by atoms with Gasteiger partial charge in [0.1, 0.15) is 27.5 Å². The number of rotatable bonds is 4. The van der Waals surface area contributed by atoms with E-state index in [4.69, 9.17) is 31.6 Å². The molecule has 7 nitrogen and oxygen atoms in total. The number of methoxy groups -OCH3 is 1. The Morgan fingerprint density at radius 2 is 2.00 bits per heavy atom. The fourth-order valence-electron chi connectivity index (χ4n) is 3.91. The summed E-state index contributed by atoms with van der Waals surface area (Å²) in [4.78, 5) is 8.88. The maximum absolute atomic E-state index is 6.68. The summed E-state index contributed by atoms with van der Waals surface area (Å²) in [5.41, 5.74) is 11.1. The van der Waals surface area contributed by atoms with Crippen LogP contribution < -0.4 is 10.5 Å². The summed E-state index contributed by atoms with van der Waals surface area (Å²) >= 11 is 10.2. The number of halogens is 2. The molecule has 4 rings (SSSR count). The van der Waals surface area contributed by atoms with Gasteiger partial charge in [0.25, 0.3) is 0 Å². The summed E-state index contributed by atoms with van der Waals surface area (Å²) in [5.74, 6) is 2.46. The maximum atomic E-state index is 6.68. The van der Waals surface area contributed by atoms with Crippen LogP contribution in [0.25, 0.3) is 16.6 Å². The highest BCUT2D eigenvalue weighted by atomic mass is 79.9. The Labute approximate surface area is 187 Å². The van der Waals surface area contributed by atoms with Crippen molar-refractivity contribution in [1.82, 2.24) is 19.5 Å². The summed E-state index contributed by atoms with van der Waals surface area (Å²) in [6.45, 7) is 7.81. The molecule has 0 aliphatic heterocycles. The molecule has 0 amide bonds. The molecule has 0 aliphatic rings. The van der Waals surface area contributed by atoms with Gasteiger partial charge in [-0.1, -0.05) is 23.7 Å². The molecule has 9 heteroatoms. The number of nitrogens with two attached hydrogens (primary N) is 1. The highest BCUT2D eigenvalue weighted by Crippen LogP contribution is 2.46. The predicted octanol–water partition coefficient (Wildman–Crippen LogP) is 5.47. The average molecular weight is 491 g/mol. The van der Waals surface area contributed by atoms with E-state index in [2.05, 4.69) is 33.0 Å². The Balaban J connectivity index is 2.00. The third-order valence-electron chi connectivity index (χ3n) is 5.41. The van der Waals surface area contributed by atoms with Gasteiger partial charge in [-0.05, 0) is 48.3 Å². The number of benzene rings is 1. The molecule has 1 atom stereocenters. The summed E-state index contributed by atoms with van der Waals surface area (Å²) < 4.78 is 13.9. The quantitative estimate of drug-likeness (QED) is 0.408. The molecule has 0 bridgehead atoms. The van der Waals surface area contributed by atoms with E-state index in [9.17, 15) is 0 Å². The van der Waals surface area contributed by atoms with Crippen LogP contribution in [-0.4, -0.2) is 26.6 Å². The molecule has 0 spiro atoms. The molecule has 0 aliphatic carbocycles. The molecule has 3 aromatic heterocycles. The lowest BCUT2D eigenvalue weighted by Gasteiger charge is -2.21. The lowest BCUT2D eigenvalue weighted by molar-refractivity contribution is 0.393. The Morgan fingerprint density at radius 3 is 2.63 bits per heavy atom. The van der Waals surface area contributed by atoms with Crippen molar-refractivity contribution in [2.45, 2.75) is 33.6 Å². The highest BCUT2D eigenvalue weighted by molar-refractivity contribution is 9.10. The Hall–Kier alpha value is -2.58. The fraction of sp³-hybridized carbons (Fsp3) is 0.286. The molecule has 0 radical (unpaired) electrons. The van der Waals surface area contributed by atoms with Crippen LogP contribution in [0, 0.1) is 20.8 Å². The molecule has 156 valence electrons. The summed E-state index contributed by atoms with van der Waals surface area (Å²) in [7, 11) is 1.65. The van der Waals surface area contributed by atoms with Gasteiger partial charge in [0.2, 0.25) is 0 Å². The van der Waals surface area contributed by atoms with Gasteiger partial charge in [0, 0.05) is 34.5 Å². The zero-order chi connectivity index (χ0) is 21.7. The zero-order valence-corrected chi connectivity index (χ0v) is 19.6. The Kier molecular flexibility index (Phi) is 5.23. The first-order valence-corrected chi connectivity index (χ1v) is 10.5. The van der Waals surface area contributed by atoms with Gasteiger partial charge in [-0.15, -0.1) is 0 Å². The Bertz CT molecular complexity index is 1260. The molecule has 0 fully saturated rings. The second-order valence-corrected chi connectivity index (χ2v) is 8.35. The van der Waals surface area contributed by atoms with Gasteiger partial charge >= 0.3 is 0 Å². The number of nitrogen functional groups attached to an aromatic ring is 1. The van der Waals surface area contributed by atoms with E-state index < -0.39 is 0 Å². The molecule has 0 saturated carbocycles. The van der Waals surface area contributed by atoms with Crippen molar-refractivity contribution in [2.75, 3.05) is 12.8 Å². The number of fused-ring (bicyclic) bond motifs is 1. The van der Waals surface area contributed by atoms with Gasteiger partial charge in [-0.25, -0.2) is 9.97 Å². The van der Waals surface area contributed by atoms with E-state index in [1.54, 1.807) is 13.3 Å². The van der Waals surface area contributed by atoms with Gasteiger partial charge < -0.3 is 15.0 Å². The number of imidazole rings is 1. The Morgan fingerprint density at radius 1 is 1.27 bits per heavy atom. The van der Waals surface area contributed by atoms with Crippen LogP contribution in [0.2, 0.25) is 5.02 Å². The smallest absolute Gasteiger partial charge is 0.150 e. The van der Waals surface area contributed by atoms with E-state index in [1.807, 2.05) is 37.4 Å². The zero-order valence-electron chi connectivity index (χ0n) is 17.2.